The lowest BCUT2D eigenvalue weighted by atomic mass is 10.2. The van der Waals surface area contributed by atoms with Crippen molar-refractivity contribution < 1.29 is 14.3 Å². The Morgan fingerprint density at radius 1 is 1.17 bits per heavy atom. The highest BCUT2D eigenvalue weighted by molar-refractivity contribution is 5.89. The molecular formula is C22H26N4O4. The van der Waals surface area contributed by atoms with Gasteiger partial charge < -0.3 is 20.1 Å². The molecule has 158 valence electrons. The average Bonchev–Trinajstić information content (AvgIpc) is 2.74. The van der Waals surface area contributed by atoms with Crippen LogP contribution in [0.15, 0.2) is 53.3 Å². The Balaban J connectivity index is 1.80. The van der Waals surface area contributed by atoms with Crippen molar-refractivity contribution in [3.8, 4) is 5.75 Å². The van der Waals surface area contributed by atoms with Gasteiger partial charge in [0.1, 0.15) is 11.6 Å². The fourth-order valence-corrected chi connectivity index (χ4v) is 3.14. The summed E-state index contributed by atoms with van der Waals surface area (Å²) in [5.41, 5.74) is 1.06. The van der Waals surface area contributed by atoms with Gasteiger partial charge in [0, 0.05) is 12.8 Å². The van der Waals surface area contributed by atoms with Crippen molar-refractivity contribution in [3.63, 3.8) is 0 Å². The van der Waals surface area contributed by atoms with Crippen molar-refractivity contribution in [2.24, 2.45) is 0 Å². The SMILES string of the molecule is CCOc1ccc(NC(=O)NC(C)c2nc3ccccc3c(=O)n2CCOC)cc1. The number of methoxy groups -OCH3 is 1. The van der Waals surface area contributed by atoms with Gasteiger partial charge in [-0.15, -0.1) is 0 Å². The van der Waals surface area contributed by atoms with Crippen LogP contribution >= 0.6 is 0 Å². The number of hydrogen-bond donors (Lipinski definition) is 2. The Morgan fingerprint density at radius 2 is 1.90 bits per heavy atom. The van der Waals surface area contributed by atoms with Crippen LogP contribution in [0.3, 0.4) is 0 Å². The molecule has 8 nitrogen and oxygen atoms in total. The largest absolute Gasteiger partial charge is 0.494 e. The molecule has 0 radical (unpaired) electrons. The highest BCUT2D eigenvalue weighted by atomic mass is 16.5. The standard InChI is InChI=1S/C22H26N4O4/c1-4-30-17-11-9-16(10-12-17)24-22(28)23-15(2)20-25-19-8-6-5-7-18(19)21(27)26(20)13-14-29-3/h5-12,15H,4,13-14H2,1-3H3,(H2,23,24,28). The summed E-state index contributed by atoms with van der Waals surface area (Å²) in [5.74, 6) is 1.21. The summed E-state index contributed by atoms with van der Waals surface area (Å²) in [7, 11) is 1.57. The minimum Gasteiger partial charge on any atom is -0.494 e. The van der Waals surface area contributed by atoms with Gasteiger partial charge in [0.25, 0.3) is 5.56 Å². The number of amides is 2. The summed E-state index contributed by atoms with van der Waals surface area (Å²) < 4.78 is 12.1. The lowest BCUT2D eigenvalue weighted by Gasteiger charge is -2.19. The fraction of sp³-hybridized carbons (Fsp3) is 0.318. The first-order valence-electron chi connectivity index (χ1n) is 9.82. The third-order valence-electron chi connectivity index (χ3n) is 4.57. The minimum absolute atomic E-state index is 0.159. The molecule has 0 bridgehead atoms. The number of carbonyl (C=O) groups excluding carboxylic acids is 1. The van der Waals surface area contributed by atoms with Gasteiger partial charge in [-0.2, -0.15) is 0 Å². The molecule has 1 unspecified atom stereocenters. The molecule has 0 fully saturated rings. The molecule has 30 heavy (non-hydrogen) atoms. The van der Waals surface area contributed by atoms with Gasteiger partial charge in [0.15, 0.2) is 0 Å². The monoisotopic (exact) mass is 410 g/mol. The first-order chi connectivity index (χ1) is 14.5. The van der Waals surface area contributed by atoms with Crippen molar-refractivity contribution in [1.29, 1.82) is 0 Å². The maximum Gasteiger partial charge on any atom is 0.319 e. The summed E-state index contributed by atoms with van der Waals surface area (Å²) in [6, 6.07) is 13.4. The molecule has 0 saturated carbocycles. The van der Waals surface area contributed by atoms with E-state index in [0.29, 0.717) is 42.2 Å². The zero-order valence-electron chi connectivity index (χ0n) is 17.3. The molecule has 1 heterocycles. The predicted molar refractivity (Wildman–Crippen MR) is 116 cm³/mol. The molecule has 0 saturated heterocycles. The second-order valence-corrected chi connectivity index (χ2v) is 6.71. The Hall–Kier alpha value is -3.39. The molecule has 0 spiro atoms. The maximum absolute atomic E-state index is 12.9. The van der Waals surface area contributed by atoms with Gasteiger partial charge in [-0.05, 0) is 50.2 Å². The number of carbonyl (C=O) groups is 1. The van der Waals surface area contributed by atoms with Gasteiger partial charge in [-0.3, -0.25) is 9.36 Å². The lowest BCUT2D eigenvalue weighted by Crippen LogP contribution is -2.36. The lowest BCUT2D eigenvalue weighted by molar-refractivity contribution is 0.184. The van der Waals surface area contributed by atoms with E-state index in [0.717, 1.165) is 5.75 Å². The van der Waals surface area contributed by atoms with Crippen molar-refractivity contribution in [2.45, 2.75) is 26.4 Å². The smallest absolute Gasteiger partial charge is 0.319 e. The molecule has 0 aliphatic carbocycles. The van der Waals surface area contributed by atoms with Crippen LogP contribution in [-0.4, -0.2) is 35.9 Å². The number of hydrogen-bond acceptors (Lipinski definition) is 5. The molecule has 2 aromatic carbocycles. The molecule has 1 atom stereocenters. The van der Waals surface area contributed by atoms with Gasteiger partial charge in [-0.1, -0.05) is 12.1 Å². The van der Waals surface area contributed by atoms with E-state index in [2.05, 4.69) is 15.6 Å². The Kier molecular flexibility index (Phi) is 7.03. The van der Waals surface area contributed by atoms with Crippen LogP contribution in [0, 0.1) is 0 Å². The molecular weight excluding hydrogens is 384 g/mol. The van der Waals surface area contributed by atoms with Crippen LogP contribution in [0.5, 0.6) is 5.75 Å². The van der Waals surface area contributed by atoms with Gasteiger partial charge >= 0.3 is 6.03 Å². The summed E-state index contributed by atoms with van der Waals surface area (Å²) in [4.78, 5) is 30.1. The number of ether oxygens (including phenoxy) is 2. The van der Waals surface area contributed by atoms with Gasteiger partial charge in [0.2, 0.25) is 0 Å². The molecule has 0 aliphatic heterocycles. The van der Waals surface area contributed by atoms with E-state index in [1.54, 1.807) is 61.1 Å². The highest BCUT2D eigenvalue weighted by Crippen LogP contribution is 2.17. The van der Waals surface area contributed by atoms with E-state index in [-0.39, 0.29) is 5.56 Å². The van der Waals surface area contributed by atoms with E-state index in [4.69, 9.17) is 9.47 Å². The van der Waals surface area contributed by atoms with E-state index >= 15 is 0 Å². The van der Waals surface area contributed by atoms with Crippen LogP contribution < -0.4 is 20.9 Å². The first kappa shape index (κ1) is 21.3. The van der Waals surface area contributed by atoms with Crippen molar-refractivity contribution >= 4 is 22.6 Å². The molecule has 8 heteroatoms. The van der Waals surface area contributed by atoms with Gasteiger partial charge in [-0.25, -0.2) is 9.78 Å². The quantitative estimate of drug-likeness (QED) is 0.594. The van der Waals surface area contributed by atoms with Crippen molar-refractivity contribution in [1.82, 2.24) is 14.9 Å². The molecule has 3 rings (SSSR count). The third kappa shape index (κ3) is 4.96. The molecule has 3 aromatic rings. The average molecular weight is 410 g/mol. The topological polar surface area (TPSA) is 94.5 Å². The second-order valence-electron chi connectivity index (χ2n) is 6.71. The number of nitrogens with zero attached hydrogens (tertiary/aromatic N) is 2. The van der Waals surface area contributed by atoms with Crippen LogP contribution in [0.1, 0.15) is 25.7 Å². The van der Waals surface area contributed by atoms with Crippen LogP contribution in [0.4, 0.5) is 10.5 Å². The number of fused-ring (bicyclic) bond motifs is 1. The number of benzene rings is 2. The normalized spacial score (nSPS) is 11.8. The van der Waals surface area contributed by atoms with Gasteiger partial charge in [0.05, 0.1) is 36.7 Å². The minimum atomic E-state index is -0.498. The zero-order chi connectivity index (χ0) is 21.5. The van der Waals surface area contributed by atoms with E-state index in [1.165, 1.54) is 0 Å². The van der Waals surface area contributed by atoms with Crippen LogP contribution in [-0.2, 0) is 11.3 Å². The molecule has 2 amide bonds. The maximum atomic E-state index is 12.9. The van der Waals surface area contributed by atoms with Crippen LogP contribution in [0.25, 0.3) is 10.9 Å². The summed E-state index contributed by atoms with van der Waals surface area (Å²) in [6.45, 7) is 4.98. The van der Waals surface area contributed by atoms with E-state index < -0.39 is 12.1 Å². The Morgan fingerprint density at radius 3 is 2.60 bits per heavy atom. The van der Waals surface area contributed by atoms with Crippen molar-refractivity contribution in [2.75, 3.05) is 25.6 Å². The fourth-order valence-electron chi connectivity index (χ4n) is 3.14. The van der Waals surface area contributed by atoms with E-state index in [9.17, 15) is 9.59 Å². The molecule has 2 N–H and O–H groups in total. The molecule has 1 aromatic heterocycles. The third-order valence-corrected chi connectivity index (χ3v) is 4.57. The second kappa shape index (κ2) is 9.89. The summed E-state index contributed by atoms with van der Waals surface area (Å²) in [5, 5.41) is 6.16. The molecule has 0 aliphatic rings. The number of anilines is 1. The first-order valence-corrected chi connectivity index (χ1v) is 9.82. The van der Waals surface area contributed by atoms with Crippen LogP contribution in [0.2, 0.25) is 0 Å². The summed E-state index contributed by atoms with van der Waals surface area (Å²) >= 11 is 0. The highest BCUT2D eigenvalue weighted by Gasteiger charge is 2.18. The Labute approximate surface area is 174 Å². The van der Waals surface area contributed by atoms with E-state index in [1.807, 2.05) is 13.0 Å². The predicted octanol–water partition coefficient (Wildman–Crippen LogP) is 3.32. The number of nitrogens with one attached hydrogen (secondary N) is 2. The summed E-state index contributed by atoms with van der Waals surface area (Å²) in [6.07, 6.45) is 0. The van der Waals surface area contributed by atoms with Crippen molar-refractivity contribution in [3.05, 3.63) is 64.7 Å². The number of para-hydroxylation sites is 1. The Bertz CT molecular complexity index is 1060. The number of aromatic nitrogens is 2. The number of urea groups is 1. The number of rotatable bonds is 8. The zero-order valence-corrected chi connectivity index (χ0v) is 17.3.